The summed E-state index contributed by atoms with van der Waals surface area (Å²) in [6, 6.07) is 7.51. The first-order chi connectivity index (χ1) is 15.8. The van der Waals surface area contributed by atoms with Crippen LogP contribution in [-0.2, 0) is 13.0 Å². The molecule has 3 aliphatic rings. The van der Waals surface area contributed by atoms with Crippen LogP contribution in [-0.4, -0.2) is 68.4 Å². The lowest BCUT2D eigenvalue weighted by molar-refractivity contribution is 0.120. The van der Waals surface area contributed by atoms with E-state index in [0.29, 0.717) is 6.04 Å². The molecule has 7 heteroatoms. The van der Waals surface area contributed by atoms with Crippen LogP contribution in [0.1, 0.15) is 55.1 Å². The lowest BCUT2D eigenvalue weighted by Crippen LogP contribution is -2.52. The van der Waals surface area contributed by atoms with E-state index in [1.807, 2.05) is 18.5 Å². The van der Waals surface area contributed by atoms with E-state index < -0.39 is 0 Å². The first-order valence-electron chi connectivity index (χ1n) is 12.2. The third kappa shape index (κ3) is 3.67. The Kier molecular flexibility index (Phi) is 5.31. The van der Waals surface area contributed by atoms with Crippen LogP contribution in [0.3, 0.4) is 0 Å². The number of rotatable bonds is 5. The largest absolute Gasteiger partial charge is 0.339 e. The Bertz CT molecular complexity index is 1080. The van der Waals surface area contributed by atoms with Gasteiger partial charge in [0.25, 0.3) is 0 Å². The van der Waals surface area contributed by atoms with Crippen molar-refractivity contribution in [3.05, 3.63) is 53.7 Å². The van der Waals surface area contributed by atoms with Crippen molar-refractivity contribution in [3.63, 3.8) is 0 Å². The Morgan fingerprint density at radius 2 is 1.88 bits per heavy atom. The summed E-state index contributed by atoms with van der Waals surface area (Å²) in [4.78, 5) is 21.9. The maximum Gasteiger partial charge on any atom is 0.211 e. The van der Waals surface area contributed by atoms with Crippen molar-refractivity contribution in [2.24, 2.45) is 0 Å². The average Bonchev–Trinajstić information content (AvgIpc) is 3.20. The topological polar surface area (TPSA) is 52.8 Å². The van der Waals surface area contributed by atoms with Gasteiger partial charge in [-0.25, -0.2) is 9.97 Å². The van der Waals surface area contributed by atoms with E-state index >= 15 is 0 Å². The molecule has 1 atom stereocenters. The minimum Gasteiger partial charge on any atom is -0.339 e. The molecule has 6 rings (SSSR count). The zero-order chi connectivity index (χ0) is 21.5. The minimum absolute atomic E-state index is 0.363. The monoisotopic (exact) mass is 431 g/mol. The number of imidazole rings is 1. The standard InChI is InChI=1S/C25H33N7/c1-29(22-9-2-5-19-6-4-11-26-24(19)22)17-20-18-32-23(28-20)10-12-27-25(32)31-15-13-30(14-16-31)21-7-3-8-21/h4,6,10-12,18,21-22H,2-3,5,7-9,13-17H2,1H3/t22-/m0/s1. The normalized spacial score (nSPS) is 22.3. The summed E-state index contributed by atoms with van der Waals surface area (Å²) in [5.74, 6) is 1.03. The number of pyridine rings is 1. The molecule has 2 fully saturated rings. The van der Waals surface area contributed by atoms with Gasteiger partial charge in [0.05, 0.1) is 17.4 Å². The first-order valence-corrected chi connectivity index (χ1v) is 12.2. The number of anilines is 1. The molecule has 0 aromatic carbocycles. The number of aromatic nitrogens is 4. The summed E-state index contributed by atoms with van der Waals surface area (Å²) >= 11 is 0. The molecule has 1 saturated carbocycles. The van der Waals surface area contributed by atoms with Crippen molar-refractivity contribution in [3.8, 4) is 0 Å². The van der Waals surface area contributed by atoms with Crippen LogP contribution >= 0.6 is 0 Å². The molecule has 0 unspecified atom stereocenters. The van der Waals surface area contributed by atoms with Crippen molar-refractivity contribution >= 4 is 11.6 Å². The molecule has 32 heavy (non-hydrogen) atoms. The summed E-state index contributed by atoms with van der Waals surface area (Å²) in [6.07, 6.45) is 13.7. The highest BCUT2D eigenvalue weighted by Gasteiger charge is 2.29. The van der Waals surface area contributed by atoms with Gasteiger partial charge in [-0.1, -0.05) is 12.5 Å². The van der Waals surface area contributed by atoms with Crippen LogP contribution in [0.4, 0.5) is 5.95 Å². The van der Waals surface area contributed by atoms with Crippen molar-refractivity contribution in [2.75, 3.05) is 38.1 Å². The predicted octanol–water partition coefficient (Wildman–Crippen LogP) is 3.31. The van der Waals surface area contributed by atoms with Crippen molar-refractivity contribution in [1.82, 2.24) is 29.2 Å². The molecule has 1 aliphatic heterocycles. The van der Waals surface area contributed by atoms with Gasteiger partial charge in [0.1, 0.15) is 5.65 Å². The van der Waals surface area contributed by atoms with Gasteiger partial charge in [-0.05, 0) is 56.8 Å². The second-order valence-corrected chi connectivity index (χ2v) is 9.68. The number of hydrogen-bond donors (Lipinski definition) is 0. The number of hydrogen-bond acceptors (Lipinski definition) is 6. The Balaban J connectivity index is 1.19. The molecule has 4 heterocycles. The van der Waals surface area contributed by atoms with E-state index in [-0.39, 0.29) is 0 Å². The quantitative estimate of drug-likeness (QED) is 0.618. The summed E-state index contributed by atoms with van der Waals surface area (Å²) in [6.45, 7) is 5.18. The summed E-state index contributed by atoms with van der Waals surface area (Å²) < 4.78 is 2.19. The van der Waals surface area contributed by atoms with E-state index in [2.05, 4.69) is 44.5 Å². The fourth-order valence-electron chi connectivity index (χ4n) is 5.68. The Morgan fingerprint density at radius 1 is 1.00 bits per heavy atom. The van der Waals surface area contributed by atoms with Gasteiger partial charge in [-0.3, -0.25) is 19.2 Å². The molecule has 7 nitrogen and oxygen atoms in total. The lowest BCUT2D eigenvalue weighted by Gasteiger charge is -2.43. The van der Waals surface area contributed by atoms with Crippen LogP contribution in [0.25, 0.3) is 5.65 Å². The van der Waals surface area contributed by atoms with Gasteiger partial charge in [-0.15, -0.1) is 0 Å². The molecule has 1 saturated heterocycles. The van der Waals surface area contributed by atoms with Gasteiger partial charge in [0, 0.05) is 57.4 Å². The van der Waals surface area contributed by atoms with E-state index in [4.69, 9.17) is 15.0 Å². The smallest absolute Gasteiger partial charge is 0.211 e. The number of fused-ring (bicyclic) bond motifs is 2. The molecule has 0 bridgehead atoms. The van der Waals surface area contributed by atoms with Crippen LogP contribution in [0.5, 0.6) is 0 Å². The van der Waals surface area contributed by atoms with Crippen molar-refractivity contribution in [2.45, 2.75) is 57.2 Å². The van der Waals surface area contributed by atoms with Crippen molar-refractivity contribution in [1.29, 1.82) is 0 Å². The lowest BCUT2D eigenvalue weighted by atomic mass is 9.91. The zero-order valence-electron chi connectivity index (χ0n) is 19.0. The highest BCUT2D eigenvalue weighted by Crippen LogP contribution is 2.33. The Morgan fingerprint density at radius 3 is 2.69 bits per heavy atom. The molecule has 0 N–H and O–H groups in total. The maximum absolute atomic E-state index is 4.95. The first kappa shape index (κ1) is 20.1. The molecule has 2 aliphatic carbocycles. The van der Waals surface area contributed by atoms with Gasteiger partial charge < -0.3 is 4.90 Å². The molecule has 3 aromatic rings. The molecule has 0 radical (unpaired) electrons. The average molecular weight is 432 g/mol. The van der Waals surface area contributed by atoms with E-state index in [1.54, 1.807) is 0 Å². The summed E-state index contributed by atoms with van der Waals surface area (Å²) in [7, 11) is 2.21. The second-order valence-electron chi connectivity index (χ2n) is 9.68. The van der Waals surface area contributed by atoms with Crippen LogP contribution in [0.15, 0.2) is 36.8 Å². The fraction of sp³-hybridized carbons (Fsp3) is 0.560. The van der Waals surface area contributed by atoms with Gasteiger partial charge in [0.2, 0.25) is 5.95 Å². The zero-order valence-corrected chi connectivity index (χ0v) is 19.0. The molecule has 3 aromatic heterocycles. The Hall–Kier alpha value is -2.51. The minimum atomic E-state index is 0.363. The number of aryl methyl sites for hydroxylation is 1. The second kappa shape index (κ2) is 8.45. The van der Waals surface area contributed by atoms with Crippen LogP contribution in [0, 0.1) is 0 Å². The maximum atomic E-state index is 4.95. The third-order valence-electron chi connectivity index (χ3n) is 7.71. The van der Waals surface area contributed by atoms with Crippen molar-refractivity contribution < 1.29 is 0 Å². The highest BCUT2D eigenvalue weighted by molar-refractivity contribution is 5.48. The Labute approximate surface area is 190 Å². The van der Waals surface area contributed by atoms with Crippen LogP contribution in [0.2, 0.25) is 0 Å². The summed E-state index contributed by atoms with van der Waals surface area (Å²) in [5.41, 5.74) is 4.73. The molecule has 168 valence electrons. The van der Waals surface area contributed by atoms with E-state index in [0.717, 1.165) is 68.9 Å². The third-order valence-corrected chi connectivity index (χ3v) is 7.71. The molecule has 0 spiro atoms. The highest BCUT2D eigenvalue weighted by atomic mass is 15.3. The summed E-state index contributed by atoms with van der Waals surface area (Å²) in [5, 5.41) is 0. The van der Waals surface area contributed by atoms with Gasteiger partial charge in [-0.2, -0.15) is 0 Å². The molecular formula is C25H33N7. The number of piperazine rings is 1. The molecular weight excluding hydrogens is 398 g/mol. The van der Waals surface area contributed by atoms with E-state index in [9.17, 15) is 0 Å². The fourth-order valence-corrected chi connectivity index (χ4v) is 5.68. The van der Waals surface area contributed by atoms with Crippen LogP contribution < -0.4 is 4.90 Å². The van der Waals surface area contributed by atoms with E-state index in [1.165, 1.54) is 36.9 Å². The molecule has 0 amide bonds. The number of nitrogens with zero attached hydrogens (tertiary/aromatic N) is 7. The van der Waals surface area contributed by atoms with Gasteiger partial charge in [0.15, 0.2) is 0 Å². The van der Waals surface area contributed by atoms with Gasteiger partial charge >= 0.3 is 0 Å². The SMILES string of the molecule is CN(Cc1cn2c(N3CCN(C4CCC4)CC3)nccc2n1)[C@H]1CCCc2cccnc21. The predicted molar refractivity (Wildman–Crippen MR) is 126 cm³/mol.